The Kier molecular flexibility index (Phi) is 4.64. The van der Waals surface area contributed by atoms with Crippen LogP contribution in [0.25, 0.3) is 115 Å². The molecule has 6 heteroatoms. The van der Waals surface area contributed by atoms with Crippen LogP contribution in [0.3, 0.4) is 0 Å². The highest BCUT2D eigenvalue weighted by Crippen LogP contribution is 2.47. The first-order chi connectivity index (χ1) is 34.1. The quantitative estimate of drug-likeness (QED) is 0.175. The van der Waals surface area contributed by atoms with Gasteiger partial charge in [0.25, 0.3) is 0 Å². The van der Waals surface area contributed by atoms with E-state index < -0.39 is 54.4 Å². The summed E-state index contributed by atoms with van der Waals surface area (Å²) >= 11 is 1.09. The third-order valence-corrected chi connectivity index (χ3v) is 11.2. The Morgan fingerprint density at radius 2 is 1.21 bits per heavy atom. The van der Waals surface area contributed by atoms with Crippen molar-refractivity contribution < 1.29 is 23.6 Å². The molecule has 12 rings (SSSR count). The van der Waals surface area contributed by atoms with Crippen molar-refractivity contribution in [2.75, 3.05) is 0 Å². The molecule has 0 amide bonds. The van der Waals surface area contributed by atoms with Crippen LogP contribution in [0.1, 0.15) is 19.2 Å². The van der Waals surface area contributed by atoms with E-state index >= 15 is 0 Å². The van der Waals surface area contributed by atoms with Crippen LogP contribution >= 0.6 is 11.3 Å². The summed E-state index contributed by atoms with van der Waals surface area (Å²) in [5.74, 6) is 0.143. The van der Waals surface area contributed by atoms with E-state index in [4.69, 9.17) is 33.1 Å². The molecule has 0 saturated heterocycles. The number of fused-ring (bicyclic) bond motifs is 10. The second kappa shape index (κ2) is 12.6. The summed E-state index contributed by atoms with van der Waals surface area (Å²) < 4.78 is 133. The summed E-state index contributed by atoms with van der Waals surface area (Å²) in [7, 11) is 0. The predicted octanol–water partition coefficient (Wildman–Crippen LogP) is 13.9. The van der Waals surface area contributed by atoms with Gasteiger partial charge in [-0.25, -0.2) is 4.98 Å². The molecule has 8 aromatic carbocycles. The van der Waals surface area contributed by atoms with E-state index in [0.29, 0.717) is 54.5 Å². The molecule has 0 unspecified atom stereocenters. The van der Waals surface area contributed by atoms with Crippen LogP contribution in [0.4, 0.5) is 0 Å². The molecule has 266 valence electrons. The van der Waals surface area contributed by atoms with Crippen LogP contribution in [-0.4, -0.2) is 19.5 Å². The fourth-order valence-electron chi connectivity index (χ4n) is 7.64. The maximum atomic E-state index is 10.2. The molecule has 0 radical (unpaired) electrons. The average Bonchev–Trinajstić information content (AvgIpc) is 4.09. The number of hydrogen-bond donors (Lipinski definition) is 0. The lowest BCUT2D eigenvalue weighted by molar-refractivity contribution is 0.669. The minimum absolute atomic E-state index is 0.00180. The number of furan rings is 1. The molecule has 5 nitrogen and oxygen atoms in total. The highest BCUT2D eigenvalue weighted by Gasteiger charge is 2.24. The third kappa shape index (κ3) is 4.98. The fourth-order valence-corrected chi connectivity index (χ4v) is 8.78. The molecule has 57 heavy (non-hydrogen) atoms. The topological polar surface area (TPSA) is 56.7 Å². The van der Waals surface area contributed by atoms with Crippen LogP contribution in [0, 0.1) is 0 Å². The van der Waals surface area contributed by atoms with E-state index in [1.807, 2.05) is 12.1 Å². The van der Waals surface area contributed by atoms with Crippen molar-refractivity contribution in [1.29, 1.82) is 0 Å². The van der Waals surface area contributed by atoms with Crippen molar-refractivity contribution in [3.8, 4) is 51.0 Å². The third-order valence-electron chi connectivity index (χ3n) is 10.1. The smallest absolute Gasteiger partial charge is 0.238 e. The van der Waals surface area contributed by atoms with Crippen molar-refractivity contribution in [2.24, 2.45) is 0 Å². The van der Waals surface area contributed by atoms with Crippen LogP contribution in [0.5, 0.6) is 0 Å². The van der Waals surface area contributed by atoms with Crippen LogP contribution in [0.2, 0.25) is 0 Å². The highest BCUT2D eigenvalue weighted by molar-refractivity contribution is 7.26. The summed E-state index contributed by atoms with van der Waals surface area (Å²) in [6, 6.07) is 22.4. The predicted molar refractivity (Wildman–Crippen MR) is 236 cm³/mol. The Bertz CT molecular complexity index is 4320. The van der Waals surface area contributed by atoms with Gasteiger partial charge in [0.1, 0.15) is 11.2 Å². The van der Waals surface area contributed by atoms with Gasteiger partial charge >= 0.3 is 0 Å². The van der Waals surface area contributed by atoms with Gasteiger partial charge in [-0.05, 0) is 53.0 Å². The Morgan fingerprint density at radius 1 is 0.491 bits per heavy atom. The van der Waals surface area contributed by atoms with Crippen molar-refractivity contribution in [3.63, 3.8) is 0 Å². The Morgan fingerprint density at radius 3 is 2.04 bits per heavy atom. The van der Waals surface area contributed by atoms with Crippen molar-refractivity contribution >= 4 is 75.3 Å². The van der Waals surface area contributed by atoms with E-state index in [9.17, 15) is 5.48 Å². The lowest BCUT2D eigenvalue weighted by atomic mass is 9.98. The molecule has 0 N–H and O–H groups in total. The van der Waals surface area contributed by atoms with Gasteiger partial charge in [0.05, 0.1) is 30.2 Å². The summed E-state index contributed by atoms with van der Waals surface area (Å²) in [6.45, 7) is 0. The molecule has 0 spiro atoms. The number of rotatable bonds is 5. The SMILES string of the molecule is [2H]c1c([2H])c([2H])c(-c2cccc3oc4cc(-c5nc(-c6ccccc6)nc(-n6c7c([2H])c([2H])c([2H])c([2H])c7c7c8c(sc9c([2H])c([2H])c([2H])c([2H])c98)c(-c8ccccc8)c([2H])c76)n5)ccc4c23)c([2H])c1[2H]. The van der Waals surface area contributed by atoms with E-state index in [-0.39, 0.29) is 90.7 Å². The zero-order valence-electron chi connectivity index (χ0n) is 43.3. The number of nitrogens with zero attached hydrogens (tertiary/aromatic N) is 4. The Hall–Kier alpha value is -7.41. The Balaban J connectivity index is 1.21. The summed E-state index contributed by atoms with van der Waals surface area (Å²) in [6.07, 6.45) is 0. The molecule has 4 heterocycles. The van der Waals surface area contributed by atoms with Crippen LogP contribution < -0.4 is 0 Å². The molecule has 0 aliphatic rings. The fraction of sp³-hybridized carbons (Fsp3) is 0. The zero-order chi connectivity index (χ0) is 49.6. The Labute approximate surface area is 350 Å². The number of benzene rings is 8. The number of thiophene rings is 1. The lowest BCUT2D eigenvalue weighted by Crippen LogP contribution is -2.06. The van der Waals surface area contributed by atoms with Gasteiger partial charge in [-0.3, -0.25) is 4.57 Å². The minimum Gasteiger partial charge on any atom is -0.456 e. The lowest BCUT2D eigenvalue weighted by Gasteiger charge is -2.12. The monoisotopic (exact) mass is 760 g/mol. The van der Waals surface area contributed by atoms with Crippen LogP contribution in [-0.2, 0) is 0 Å². The standard InChI is InChI=1S/C51H30N4OS/c1-4-15-31(16-5-1)35-23-14-25-42-45(35)37-28-27-34(29-43(37)56-42)50-52-49(33-19-8-3-9-20-33)53-51(54-50)55-40-24-12-10-21-36(40)46-41(55)30-39(32-17-6-2-7-18-32)48-47(46)38-22-11-13-26-44(38)57-48/h1-30H/i1D,4D,5D,10D,11D,12D,13D,15D,16D,21D,22D,24D,26D,30D. The van der Waals surface area contributed by atoms with Gasteiger partial charge < -0.3 is 4.42 Å². The first kappa shape index (κ1) is 21.0. The summed E-state index contributed by atoms with van der Waals surface area (Å²) in [5.41, 5.74) is 3.04. The van der Waals surface area contributed by atoms with Crippen molar-refractivity contribution in [2.45, 2.75) is 0 Å². The van der Waals surface area contributed by atoms with Crippen molar-refractivity contribution in [3.05, 3.63) is 182 Å². The second-order valence-corrected chi connectivity index (χ2v) is 14.3. The van der Waals surface area contributed by atoms with Gasteiger partial charge in [-0.1, -0.05) is 145 Å². The summed E-state index contributed by atoms with van der Waals surface area (Å²) in [4.78, 5) is 15.0. The molecule has 0 atom stereocenters. The molecule has 0 fully saturated rings. The van der Waals surface area contributed by atoms with E-state index in [2.05, 4.69) is 0 Å². The van der Waals surface area contributed by atoms with E-state index in [0.717, 1.165) is 11.3 Å². The average molecular weight is 761 g/mol. The molecular formula is C51H30N4OS. The number of hydrogen-bond acceptors (Lipinski definition) is 5. The largest absolute Gasteiger partial charge is 0.456 e. The number of aromatic nitrogens is 4. The van der Waals surface area contributed by atoms with Crippen LogP contribution in [0.15, 0.2) is 186 Å². The molecular weight excluding hydrogens is 717 g/mol. The molecule has 0 saturated carbocycles. The zero-order valence-corrected chi connectivity index (χ0v) is 30.2. The first-order valence-corrected chi connectivity index (χ1v) is 18.7. The minimum atomic E-state index is -0.564. The summed E-state index contributed by atoms with van der Waals surface area (Å²) in [5, 5.41) is 1.66. The van der Waals surface area contributed by atoms with E-state index in [1.54, 1.807) is 84.9 Å². The second-order valence-electron chi connectivity index (χ2n) is 13.3. The molecule has 0 aliphatic carbocycles. The van der Waals surface area contributed by atoms with Gasteiger partial charge in [-0.15, -0.1) is 11.3 Å². The first-order valence-electron chi connectivity index (χ1n) is 24.9. The van der Waals surface area contributed by atoms with Gasteiger partial charge in [0, 0.05) is 58.4 Å². The maximum Gasteiger partial charge on any atom is 0.238 e. The normalized spacial score (nSPS) is 15.3. The van der Waals surface area contributed by atoms with Gasteiger partial charge in [0.15, 0.2) is 11.6 Å². The molecule has 0 bridgehead atoms. The van der Waals surface area contributed by atoms with Crippen molar-refractivity contribution in [1.82, 2.24) is 19.5 Å². The van der Waals surface area contributed by atoms with Gasteiger partial charge in [-0.2, -0.15) is 9.97 Å². The molecule has 4 aromatic heterocycles. The number of para-hydroxylation sites is 1. The molecule has 0 aliphatic heterocycles. The molecule has 12 aromatic rings. The highest BCUT2D eigenvalue weighted by atomic mass is 32.1. The van der Waals surface area contributed by atoms with Gasteiger partial charge in [0.2, 0.25) is 5.95 Å². The maximum absolute atomic E-state index is 10.2. The van der Waals surface area contributed by atoms with E-state index in [1.165, 1.54) is 4.57 Å².